The van der Waals surface area contributed by atoms with Crippen LogP contribution in [-0.2, 0) is 33.2 Å². The van der Waals surface area contributed by atoms with E-state index < -0.39 is 92.5 Å². The maximum absolute atomic E-state index is 13.8. The highest BCUT2D eigenvalue weighted by Gasteiger charge is 2.55. The van der Waals surface area contributed by atoms with Gasteiger partial charge in [-0.05, 0) is 55.7 Å². The van der Waals surface area contributed by atoms with E-state index in [4.69, 9.17) is 33.2 Å². The van der Waals surface area contributed by atoms with Gasteiger partial charge < -0.3 is 53.6 Å². The number of esters is 3. The van der Waals surface area contributed by atoms with Crippen molar-refractivity contribution in [1.29, 1.82) is 0 Å². The average molecular weight is 793 g/mol. The zero-order chi connectivity index (χ0) is 40.6. The third-order valence-electron chi connectivity index (χ3n) is 9.71. The van der Waals surface area contributed by atoms with E-state index in [0.29, 0.717) is 6.42 Å². The minimum absolute atomic E-state index is 0.140. The van der Waals surface area contributed by atoms with Gasteiger partial charge in [-0.1, -0.05) is 86.4 Å². The van der Waals surface area contributed by atoms with Crippen LogP contribution >= 0.6 is 0 Å². The van der Waals surface area contributed by atoms with Gasteiger partial charge in [0.05, 0.1) is 23.3 Å². The van der Waals surface area contributed by atoms with Crippen LogP contribution in [0.4, 0.5) is 0 Å². The molecule has 2 aliphatic heterocycles. The Labute approximate surface area is 331 Å². The first kappa shape index (κ1) is 43.6. The molecule has 0 saturated carbocycles. The molecule has 14 nitrogen and oxygen atoms in total. The second kappa shape index (κ2) is 22.4. The predicted molar refractivity (Wildman–Crippen MR) is 204 cm³/mol. The number of hydrogen-bond donors (Lipinski definition) is 4. The Morgan fingerprint density at radius 3 is 1.67 bits per heavy atom. The van der Waals surface area contributed by atoms with Crippen molar-refractivity contribution in [1.82, 2.24) is 0 Å². The summed E-state index contributed by atoms with van der Waals surface area (Å²) in [5, 5.41) is 42.0. The van der Waals surface area contributed by atoms with Crippen molar-refractivity contribution in [2.75, 3.05) is 19.8 Å². The molecule has 0 spiro atoms. The van der Waals surface area contributed by atoms with Crippen LogP contribution < -0.4 is 0 Å². The fourth-order valence-electron chi connectivity index (χ4n) is 6.55. The van der Waals surface area contributed by atoms with Crippen LogP contribution in [0.15, 0.2) is 104 Å². The van der Waals surface area contributed by atoms with Gasteiger partial charge in [0.1, 0.15) is 43.2 Å². The van der Waals surface area contributed by atoms with Crippen molar-refractivity contribution in [2.45, 2.75) is 106 Å². The van der Waals surface area contributed by atoms with E-state index in [1.807, 2.05) is 6.08 Å². The molecule has 4 N–H and O–H groups in total. The highest BCUT2D eigenvalue weighted by Crippen LogP contribution is 2.34. The van der Waals surface area contributed by atoms with Crippen LogP contribution in [0.5, 0.6) is 0 Å². The van der Waals surface area contributed by atoms with Crippen LogP contribution in [-0.4, -0.2) is 120 Å². The van der Waals surface area contributed by atoms with Crippen LogP contribution in [0, 0.1) is 0 Å². The van der Waals surface area contributed by atoms with Crippen LogP contribution in [0.2, 0.25) is 0 Å². The molecule has 3 aromatic rings. The number of rotatable bonds is 20. The van der Waals surface area contributed by atoms with Gasteiger partial charge in [0.2, 0.25) is 0 Å². The first-order valence-corrected chi connectivity index (χ1v) is 19.3. The van der Waals surface area contributed by atoms with E-state index in [9.17, 15) is 34.8 Å². The standard InChI is InChI=1S/C43H52O14/c1-2-3-4-5-6-7-8-18-25-51-43-38(56-41(50)30-23-16-11-17-24-30)37(55-40(49)29-21-14-10-15-22-29)36(57-42-35(47)34(46)33(45)31(26-44)53-42)32(54-43)27-52-39(48)28-19-12-9-13-20-28/h2,9-17,19-24,31-38,42-47H,1,3-8,18,25-27H2/t31-,32-,33+,34+,35-,36-,37+,38+,42+,43+/m1/s1. The molecule has 0 bridgehead atoms. The second-order valence-corrected chi connectivity index (χ2v) is 13.8. The lowest BCUT2D eigenvalue weighted by Crippen LogP contribution is -2.66. The zero-order valence-corrected chi connectivity index (χ0v) is 31.7. The number of carbonyl (C=O) groups is 3. The van der Waals surface area contributed by atoms with Gasteiger partial charge in [-0.15, -0.1) is 6.58 Å². The number of ether oxygens (including phenoxy) is 7. The monoisotopic (exact) mass is 792 g/mol. The summed E-state index contributed by atoms with van der Waals surface area (Å²) in [4.78, 5) is 40.7. The highest BCUT2D eigenvalue weighted by molar-refractivity contribution is 5.90. The summed E-state index contributed by atoms with van der Waals surface area (Å²) in [6, 6.07) is 24.3. The quantitative estimate of drug-likeness (QED) is 0.0552. The Balaban J connectivity index is 1.49. The predicted octanol–water partition coefficient (Wildman–Crippen LogP) is 4.14. The first-order valence-electron chi connectivity index (χ1n) is 19.3. The molecular formula is C43H52O14. The molecule has 2 saturated heterocycles. The smallest absolute Gasteiger partial charge is 0.338 e. The van der Waals surface area contributed by atoms with Gasteiger partial charge in [-0.3, -0.25) is 0 Å². The number of allylic oxidation sites excluding steroid dienone is 1. The van der Waals surface area contributed by atoms with Crippen molar-refractivity contribution in [3.8, 4) is 0 Å². The molecule has 0 aromatic heterocycles. The fourth-order valence-corrected chi connectivity index (χ4v) is 6.55. The van der Waals surface area contributed by atoms with Crippen molar-refractivity contribution in [2.24, 2.45) is 0 Å². The van der Waals surface area contributed by atoms with E-state index in [1.54, 1.807) is 66.7 Å². The molecule has 0 aliphatic carbocycles. The maximum Gasteiger partial charge on any atom is 0.338 e. The Hall–Kier alpha value is -4.51. The number of aliphatic hydroxyl groups is 4. The molecule has 57 heavy (non-hydrogen) atoms. The largest absolute Gasteiger partial charge is 0.459 e. The molecule has 0 unspecified atom stereocenters. The van der Waals surface area contributed by atoms with Gasteiger partial charge in [0, 0.05) is 6.61 Å². The summed E-state index contributed by atoms with van der Waals surface area (Å²) < 4.78 is 42.4. The number of hydrogen-bond acceptors (Lipinski definition) is 14. The van der Waals surface area contributed by atoms with Crippen molar-refractivity contribution in [3.63, 3.8) is 0 Å². The Bertz CT molecular complexity index is 1670. The number of carbonyl (C=O) groups excluding carboxylic acids is 3. The second-order valence-electron chi connectivity index (χ2n) is 13.8. The molecule has 5 rings (SSSR count). The molecule has 3 aromatic carbocycles. The summed E-state index contributed by atoms with van der Waals surface area (Å²) in [5.41, 5.74) is 0.547. The summed E-state index contributed by atoms with van der Waals surface area (Å²) in [5.74, 6) is -2.37. The van der Waals surface area contributed by atoms with Crippen LogP contribution in [0.3, 0.4) is 0 Å². The number of benzene rings is 3. The van der Waals surface area contributed by atoms with E-state index in [2.05, 4.69) is 6.58 Å². The molecular weight excluding hydrogens is 740 g/mol. The van der Waals surface area contributed by atoms with Crippen molar-refractivity contribution < 1.29 is 68.0 Å². The van der Waals surface area contributed by atoms with E-state index >= 15 is 0 Å². The average Bonchev–Trinajstić information content (AvgIpc) is 3.24. The summed E-state index contributed by atoms with van der Waals surface area (Å²) >= 11 is 0. The minimum atomic E-state index is -1.88. The molecule has 0 amide bonds. The van der Waals surface area contributed by atoms with Gasteiger partial charge >= 0.3 is 17.9 Å². The normalized spacial score (nSPS) is 27.2. The van der Waals surface area contributed by atoms with Crippen LogP contribution in [0.1, 0.15) is 76.0 Å². The van der Waals surface area contributed by atoms with Gasteiger partial charge in [-0.2, -0.15) is 0 Å². The molecule has 2 heterocycles. The van der Waals surface area contributed by atoms with Gasteiger partial charge in [0.15, 0.2) is 24.8 Å². The van der Waals surface area contributed by atoms with Gasteiger partial charge in [0.25, 0.3) is 0 Å². The SMILES string of the molecule is C=CCCCCCCCCO[C@H]1O[C@H](COC(=O)c2ccccc2)[C@@H](O[C@@H]2O[C@H](CO)[C@H](O)[C@H](O)[C@H]2O)[C@H](OC(=O)c2ccccc2)[C@@H]1OC(=O)c1ccccc1. The molecule has 2 fully saturated rings. The topological polar surface area (TPSA) is 197 Å². The van der Waals surface area contributed by atoms with Crippen molar-refractivity contribution >= 4 is 17.9 Å². The van der Waals surface area contributed by atoms with E-state index in [-0.39, 0.29) is 23.3 Å². The minimum Gasteiger partial charge on any atom is -0.459 e. The lowest BCUT2D eigenvalue weighted by atomic mass is 9.96. The summed E-state index contributed by atoms with van der Waals surface area (Å²) in [7, 11) is 0. The first-order chi connectivity index (χ1) is 27.7. The molecule has 2 aliphatic rings. The van der Waals surface area contributed by atoms with Gasteiger partial charge in [-0.25, -0.2) is 14.4 Å². The molecule has 0 radical (unpaired) electrons. The van der Waals surface area contributed by atoms with E-state index in [1.165, 1.54) is 24.3 Å². The highest BCUT2D eigenvalue weighted by atomic mass is 16.8. The van der Waals surface area contributed by atoms with E-state index in [0.717, 1.165) is 38.5 Å². The zero-order valence-electron chi connectivity index (χ0n) is 31.7. The molecule has 14 heteroatoms. The lowest BCUT2D eigenvalue weighted by molar-refractivity contribution is -0.358. The third kappa shape index (κ3) is 12.2. The Kier molecular flexibility index (Phi) is 17.2. The number of unbranched alkanes of at least 4 members (excludes halogenated alkanes) is 6. The number of aliphatic hydroxyl groups excluding tert-OH is 4. The van der Waals surface area contributed by atoms with Crippen molar-refractivity contribution in [3.05, 3.63) is 120 Å². The molecule has 308 valence electrons. The molecule has 10 atom stereocenters. The van der Waals surface area contributed by atoms with Crippen LogP contribution in [0.25, 0.3) is 0 Å². The Morgan fingerprint density at radius 1 is 0.596 bits per heavy atom. The third-order valence-corrected chi connectivity index (χ3v) is 9.71. The maximum atomic E-state index is 13.8. The summed E-state index contributed by atoms with van der Waals surface area (Å²) in [6.07, 6.45) is -7.44. The Morgan fingerprint density at radius 2 is 1.11 bits per heavy atom. The lowest BCUT2D eigenvalue weighted by Gasteiger charge is -2.47. The fraction of sp³-hybridized carbons (Fsp3) is 0.465. The summed E-state index contributed by atoms with van der Waals surface area (Å²) in [6.45, 7) is 2.66.